The molecule has 0 saturated heterocycles. The third kappa shape index (κ3) is 3.91. The highest BCUT2D eigenvalue weighted by Gasteiger charge is 2.18. The molecule has 0 saturated carbocycles. The van der Waals surface area contributed by atoms with E-state index >= 15 is 0 Å². The molecule has 2 aromatic carbocycles. The molecular weight excluding hydrogens is 320 g/mol. The quantitative estimate of drug-likeness (QED) is 0.877. The van der Waals surface area contributed by atoms with Gasteiger partial charge in [0.05, 0.1) is 18.3 Å². The van der Waals surface area contributed by atoms with E-state index in [2.05, 4.69) is 10.6 Å². The summed E-state index contributed by atoms with van der Waals surface area (Å²) in [6.45, 7) is 4.43. The van der Waals surface area contributed by atoms with Crippen LogP contribution >= 0.6 is 0 Å². The molecule has 2 aromatic rings. The summed E-state index contributed by atoms with van der Waals surface area (Å²) in [5.41, 5.74) is 2.04. The third-order valence-electron chi connectivity index (χ3n) is 3.92. The highest BCUT2D eigenvalue weighted by atomic mass is 16.5. The van der Waals surface area contributed by atoms with E-state index in [1.165, 1.54) is 0 Å². The van der Waals surface area contributed by atoms with Gasteiger partial charge in [-0.25, -0.2) is 0 Å². The monoisotopic (exact) mass is 340 g/mol. The van der Waals surface area contributed by atoms with Gasteiger partial charge in [-0.3, -0.25) is 9.59 Å². The van der Waals surface area contributed by atoms with Crippen LogP contribution in [0.3, 0.4) is 0 Å². The van der Waals surface area contributed by atoms with E-state index in [4.69, 9.17) is 9.47 Å². The van der Waals surface area contributed by atoms with Crippen LogP contribution in [0.2, 0.25) is 0 Å². The molecule has 0 bridgehead atoms. The Morgan fingerprint density at radius 1 is 1.28 bits per heavy atom. The molecule has 1 aliphatic heterocycles. The summed E-state index contributed by atoms with van der Waals surface area (Å²) in [5.74, 6) is 0.901. The molecule has 1 atom stereocenters. The summed E-state index contributed by atoms with van der Waals surface area (Å²) < 4.78 is 10.8. The Bertz CT molecular complexity index is 787. The fourth-order valence-electron chi connectivity index (χ4n) is 2.60. The smallest absolute Gasteiger partial charge is 0.262 e. The van der Waals surface area contributed by atoms with Gasteiger partial charge in [0.25, 0.3) is 11.8 Å². The van der Waals surface area contributed by atoms with Gasteiger partial charge in [0.15, 0.2) is 6.61 Å². The van der Waals surface area contributed by atoms with E-state index in [0.717, 1.165) is 11.3 Å². The van der Waals surface area contributed by atoms with Crippen molar-refractivity contribution >= 4 is 17.5 Å². The minimum atomic E-state index is -0.204. The first-order valence-electron chi connectivity index (χ1n) is 8.17. The first-order chi connectivity index (χ1) is 12.1. The van der Waals surface area contributed by atoms with Crippen molar-refractivity contribution in [2.75, 3.05) is 18.5 Å². The van der Waals surface area contributed by atoms with E-state index in [0.29, 0.717) is 23.6 Å². The molecule has 2 N–H and O–H groups in total. The third-order valence-corrected chi connectivity index (χ3v) is 3.92. The lowest BCUT2D eigenvalue weighted by atomic mass is 10.1. The molecule has 0 aliphatic carbocycles. The average Bonchev–Trinajstić information content (AvgIpc) is 2.62. The van der Waals surface area contributed by atoms with Gasteiger partial charge >= 0.3 is 0 Å². The number of nitrogens with one attached hydrogen (secondary N) is 2. The van der Waals surface area contributed by atoms with Gasteiger partial charge in [-0.2, -0.15) is 0 Å². The maximum atomic E-state index is 12.5. The zero-order valence-corrected chi connectivity index (χ0v) is 14.2. The SMILES string of the molecule is CCOc1ccc([C@@H](C)NC(=O)c2ccc3c(c2)OCC(=O)N3)cc1. The molecule has 6 heteroatoms. The van der Waals surface area contributed by atoms with Crippen molar-refractivity contribution in [3.8, 4) is 11.5 Å². The summed E-state index contributed by atoms with van der Waals surface area (Å²) >= 11 is 0. The molecule has 25 heavy (non-hydrogen) atoms. The maximum absolute atomic E-state index is 12.5. The van der Waals surface area contributed by atoms with Gasteiger partial charge in [0.2, 0.25) is 0 Å². The lowest BCUT2D eigenvalue weighted by Crippen LogP contribution is -2.28. The number of carbonyl (C=O) groups is 2. The van der Waals surface area contributed by atoms with Crippen LogP contribution in [0, 0.1) is 0 Å². The Morgan fingerprint density at radius 3 is 2.76 bits per heavy atom. The van der Waals surface area contributed by atoms with E-state index in [-0.39, 0.29) is 24.5 Å². The van der Waals surface area contributed by atoms with Crippen molar-refractivity contribution in [1.82, 2.24) is 5.32 Å². The molecule has 1 heterocycles. The Hall–Kier alpha value is -3.02. The molecule has 6 nitrogen and oxygen atoms in total. The summed E-state index contributed by atoms with van der Waals surface area (Å²) in [6, 6.07) is 12.4. The molecular formula is C19H20N2O4. The number of carbonyl (C=O) groups excluding carboxylic acids is 2. The van der Waals surface area contributed by atoms with Gasteiger partial charge in [-0.1, -0.05) is 12.1 Å². The van der Waals surface area contributed by atoms with Crippen LogP contribution in [0.25, 0.3) is 0 Å². The van der Waals surface area contributed by atoms with E-state index in [9.17, 15) is 9.59 Å². The standard InChI is InChI=1S/C19H20N2O4/c1-3-24-15-7-4-13(5-8-15)12(2)20-19(23)14-6-9-16-17(10-14)25-11-18(22)21-16/h4-10,12H,3,11H2,1-2H3,(H,20,23)(H,21,22)/t12-/m1/s1. The number of anilines is 1. The van der Waals surface area contributed by atoms with Crippen LogP contribution < -0.4 is 20.1 Å². The highest BCUT2D eigenvalue weighted by molar-refractivity contribution is 5.99. The largest absolute Gasteiger partial charge is 0.494 e. The minimum absolute atomic E-state index is 0.0410. The zero-order valence-electron chi connectivity index (χ0n) is 14.2. The minimum Gasteiger partial charge on any atom is -0.494 e. The second-order valence-electron chi connectivity index (χ2n) is 5.74. The van der Waals surface area contributed by atoms with E-state index in [1.54, 1.807) is 18.2 Å². The molecule has 0 radical (unpaired) electrons. The molecule has 3 rings (SSSR count). The van der Waals surface area contributed by atoms with Crippen LogP contribution in [0.15, 0.2) is 42.5 Å². The molecule has 0 spiro atoms. The van der Waals surface area contributed by atoms with Crippen LogP contribution in [-0.2, 0) is 4.79 Å². The Morgan fingerprint density at radius 2 is 2.04 bits per heavy atom. The number of benzene rings is 2. The summed E-state index contributed by atoms with van der Waals surface area (Å²) in [5, 5.41) is 5.66. The number of rotatable bonds is 5. The first-order valence-corrected chi connectivity index (χ1v) is 8.17. The fraction of sp³-hybridized carbons (Fsp3) is 0.263. The van der Waals surface area contributed by atoms with Crippen molar-refractivity contribution < 1.29 is 19.1 Å². The van der Waals surface area contributed by atoms with Crippen molar-refractivity contribution in [2.45, 2.75) is 19.9 Å². The van der Waals surface area contributed by atoms with Gasteiger partial charge in [-0.05, 0) is 49.7 Å². The predicted octanol–water partition coefficient (Wildman–Crippen LogP) is 2.91. The van der Waals surface area contributed by atoms with Gasteiger partial charge in [-0.15, -0.1) is 0 Å². The van der Waals surface area contributed by atoms with Crippen LogP contribution in [0.1, 0.15) is 35.8 Å². The normalized spacial score (nSPS) is 13.9. The van der Waals surface area contributed by atoms with E-state index < -0.39 is 0 Å². The molecule has 0 fully saturated rings. The van der Waals surface area contributed by atoms with Crippen molar-refractivity contribution in [1.29, 1.82) is 0 Å². The average molecular weight is 340 g/mol. The maximum Gasteiger partial charge on any atom is 0.262 e. The Kier molecular flexibility index (Phi) is 4.88. The van der Waals surface area contributed by atoms with Crippen molar-refractivity contribution in [3.05, 3.63) is 53.6 Å². The van der Waals surface area contributed by atoms with Crippen molar-refractivity contribution in [2.24, 2.45) is 0 Å². The number of fused-ring (bicyclic) bond motifs is 1. The van der Waals surface area contributed by atoms with Gasteiger partial charge < -0.3 is 20.1 Å². The number of amides is 2. The highest BCUT2D eigenvalue weighted by Crippen LogP contribution is 2.28. The number of hydrogen-bond acceptors (Lipinski definition) is 4. The molecule has 130 valence electrons. The van der Waals surface area contributed by atoms with Crippen molar-refractivity contribution in [3.63, 3.8) is 0 Å². The topological polar surface area (TPSA) is 76.7 Å². The summed E-state index contributed by atoms with van der Waals surface area (Å²) in [4.78, 5) is 23.8. The van der Waals surface area contributed by atoms with Gasteiger partial charge in [0.1, 0.15) is 11.5 Å². The zero-order chi connectivity index (χ0) is 17.8. The fourth-order valence-corrected chi connectivity index (χ4v) is 2.60. The van der Waals surface area contributed by atoms with E-state index in [1.807, 2.05) is 38.1 Å². The Labute approximate surface area is 146 Å². The van der Waals surface area contributed by atoms with Crippen LogP contribution in [0.4, 0.5) is 5.69 Å². The molecule has 2 amide bonds. The number of hydrogen-bond donors (Lipinski definition) is 2. The van der Waals surface area contributed by atoms with Crippen LogP contribution in [-0.4, -0.2) is 25.0 Å². The van der Waals surface area contributed by atoms with Crippen LogP contribution in [0.5, 0.6) is 11.5 Å². The summed E-state index contributed by atoms with van der Waals surface area (Å²) in [6.07, 6.45) is 0. The Balaban J connectivity index is 1.68. The number of ether oxygens (including phenoxy) is 2. The molecule has 0 unspecified atom stereocenters. The second kappa shape index (κ2) is 7.25. The predicted molar refractivity (Wildman–Crippen MR) is 94.1 cm³/mol. The first kappa shape index (κ1) is 16.8. The molecule has 0 aromatic heterocycles. The second-order valence-corrected chi connectivity index (χ2v) is 5.74. The summed E-state index contributed by atoms with van der Waals surface area (Å²) in [7, 11) is 0. The van der Waals surface area contributed by atoms with Gasteiger partial charge in [0, 0.05) is 5.56 Å². The lowest BCUT2D eigenvalue weighted by Gasteiger charge is -2.19. The molecule has 1 aliphatic rings. The lowest BCUT2D eigenvalue weighted by molar-refractivity contribution is -0.118.